The Hall–Kier alpha value is -3.93. The maximum absolute atomic E-state index is 12.6. The van der Waals surface area contributed by atoms with Crippen LogP contribution < -0.4 is 10.6 Å². The predicted molar refractivity (Wildman–Crippen MR) is 115 cm³/mol. The number of rotatable bonds is 6. The monoisotopic (exact) mass is 399 g/mol. The van der Waals surface area contributed by atoms with Crippen LogP contribution in [-0.2, 0) is 4.79 Å². The molecular weight excluding hydrogens is 378 g/mol. The number of nitrogens with one attached hydrogen (secondary N) is 2. The summed E-state index contributed by atoms with van der Waals surface area (Å²) in [5.41, 5.74) is 2.99. The zero-order chi connectivity index (χ0) is 20.9. The molecule has 0 bridgehead atoms. The van der Waals surface area contributed by atoms with Crippen LogP contribution in [0.1, 0.15) is 28.9 Å². The van der Waals surface area contributed by atoms with Gasteiger partial charge in [0.15, 0.2) is 5.76 Å². The highest BCUT2D eigenvalue weighted by atomic mass is 16.5. The third-order valence-corrected chi connectivity index (χ3v) is 4.86. The smallest absolute Gasteiger partial charge is 0.251 e. The van der Waals surface area contributed by atoms with Crippen molar-refractivity contribution in [3.8, 4) is 11.3 Å². The minimum atomic E-state index is -0.334. The van der Waals surface area contributed by atoms with Gasteiger partial charge in [-0.15, -0.1) is 0 Å². The molecule has 2 N–H and O–H groups in total. The third kappa shape index (κ3) is 4.22. The number of hydrogen-bond acceptors (Lipinski definition) is 4. The number of amides is 2. The van der Waals surface area contributed by atoms with E-state index in [0.29, 0.717) is 16.8 Å². The van der Waals surface area contributed by atoms with Crippen molar-refractivity contribution < 1.29 is 14.1 Å². The quantitative estimate of drug-likeness (QED) is 0.511. The van der Waals surface area contributed by atoms with Gasteiger partial charge < -0.3 is 15.2 Å². The average Bonchev–Trinajstić information content (AvgIpc) is 3.22. The molecule has 1 heterocycles. The highest BCUT2D eigenvalue weighted by molar-refractivity contribution is 6.02. The molecule has 2 amide bonds. The summed E-state index contributed by atoms with van der Waals surface area (Å²) in [6, 6.07) is 24.2. The molecule has 30 heavy (non-hydrogen) atoms. The van der Waals surface area contributed by atoms with Crippen LogP contribution in [0.2, 0.25) is 0 Å². The number of benzene rings is 3. The molecule has 0 aliphatic rings. The lowest BCUT2D eigenvalue weighted by molar-refractivity contribution is -0.120. The summed E-state index contributed by atoms with van der Waals surface area (Å²) in [4.78, 5) is 24.8. The van der Waals surface area contributed by atoms with Gasteiger partial charge in [0.25, 0.3) is 5.91 Å². The van der Waals surface area contributed by atoms with Gasteiger partial charge in [-0.05, 0) is 30.7 Å². The largest absolute Gasteiger partial charge is 0.355 e. The topological polar surface area (TPSA) is 84.2 Å². The number of nitrogens with zero attached hydrogens (tertiary/aromatic N) is 1. The summed E-state index contributed by atoms with van der Waals surface area (Å²) in [5, 5.41) is 10.4. The fourth-order valence-corrected chi connectivity index (χ4v) is 3.26. The molecule has 6 heteroatoms. The minimum absolute atomic E-state index is 0.108. The molecule has 6 nitrogen and oxygen atoms in total. The van der Waals surface area contributed by atoms with Crippen LogP contribution in [0.3, 0.4) is 0 Å². The van der Waals surface area contributed by atoms with Gasteiger partial charge in [0.1, 0.15) is 5.52 Å². The number of carbonyl (C=O) groups excluding carboxylic acids is 2. The molecule has 0 spiro atoms. The fraction of sp³-hybridized carbons (Fsp3) is 0.125. The van der Waals surface area contributed by atoms with Crippen LogP contribution in [0.15, 0.2) is 83.4 Å². The van der Waals surface area contributed by atoms with E-state index >= 15 is 0 Å². The van der Waals surface area contributed by atoms with E-state index in [1.807, 2.05) is 67.6 Å². The van der Waals surface area contributed by atoms with Crippen molar-refractivity contribution in [3.05, 3.63) is 90.0 Å². The van der Waals surface area contributed by atoms with Crippen molar-refractivity contribution in [3.63, 3.8) is 0 Å². The van der Waals surface area contributed by atoms with Gasteiger partial charge in [0, 0.05) is 11.1 Å². The Morgan fingerprint density at radius 2 is 1.67 bits per heavy atom. The first-order valence-corrected chi connectivity index (χ1v) is 9.69. The first-order chi connectivity index (χ1) is 14.6. The Labute approximate surface area is 173 Å². The first-order valence-electron chi connectivity index (χ1n) is 9.69. The maximum Gasteiger partial charge on any atom is 0.251 e. The third-order valence-electron chi connectivity index (χ3n) is 4.86. The Morgan fingerprint density at radius 3 is 2.40 bits per heavy atom. The van der Waals surface area contributed by atoms with Crippen molar-refractivity contribution >= 4 is 22.7 Å². The van der Waals surface area contributed by atoms with Crippen LogP contribution >= 0.6 is 0 Å². The second kappa shape index (κ2) is 8.61. The lowest BCUT2D eigenvalue weighted by Crippen LogP contribution is -2.38. The minimum Gasteiger partial charge on any atom is -0.355 e. The molecule has 0 saturated carbocycles. The van der Waals surface area contributed by atoms with Crippen LogP contribution in [0.25, 0.3) is 22.2 Å². The maximum atomic E-state index is 12.6. The van der Waals surface area contributed by atoms with Crippen LogP contribution in [-0.4, -0.2) is 23.5 Å². The van der Waals surface area contributed by atoms with Gasteiger partial charge in [-0.25, -0.2) is 0 Å². The zero-order valence-corrected chi connectivity index (χ0v) is 16.5. The number of fused-ring (bicyclic) bond motifs is 1. The van der Waals surface area contributed by atoms with Gasteiger partial charge in [-0.3, -0.25) is 9.59 Å². The molecule has 0 aliphatic heterocycles. The van der Waals surface area contributed by atoms with E-state index < -0.39 is 0 Å². The molecule has 3 aromatic carbocycles. The van der Waals surface area contributed by atoms with Crippen molar-refractivity contribution in [2.24, 2.45) is 0 Å². The van der Waals surface area contributed by atoms with E-state index in [4.69, 9.17) is 4.52 Å². The van der Waals surface area contributed by atoms with E-state index in [-0.39, 0.29) is 24.4 Å². The van der Waals surface area contributed by atoms with Gasteiger partial charge in [-0.2, -0.15) is 0 Å². The van der Waals surface area contributed by atoms with Crippen LogP contribution in [0.5, 0.6) is 0 Å². The van der Waals surface area contributed by atoms with Gasteiger partial charge in [0.2, 0.25) is 5.91 Å². The van der Waals surface area contributed by atoms with E-state index in [0.717, 1.165) is 16.5 Å². The van der Waals surface area contributed by atoms with E-state index in [1.54, 1.807) is 18.2 Å². The number of hydrogen-bond donors (Lipinski definition) is 2. The summed E-state index contributed by atoms with van der Waals surface area (Å²) >= 11 is 0. The molecule has 1 aromatic heterocycles. The van der Waals surface area contributed by atoms with E-state index in [9.17, 15) is 9.59 Å². The summed E-state index contributed by atoms with van der Waals surface area (Å²) in [5.74, 6) is 0.0186. The molecule has 4 rings (SSSR count). The Morgan fingerprint density at radius 1 is 0.967 bits per heavy atom. The zero-order valence-electron chi connectivity index (χ0n) is 16.5. The Balaban J connectivity index is 1.43. The summed E-state index contributed by atoms with van der Waals surface area (Å²) < 4.78 is 5.47. The molecule has 150 valence electrons. The second-order valence-corrected chi connectivity index (χ2v) is 6.99. The first kappa shape index (κ1) is 19.4. The predicted octanol–water partition coefficient (Wildman–Crippen LogP) is 4.10. The molecule has 0 radical (unpaired) electrons. The number of aromatic nitrogens is 1. The SMILES string of the molecule is C[C@H](NC(=O)CNC(=O)c1ccc2noc(-c3ccccc3)c2c1)c1ccccc1. The molecule has 0 unspecified atom stereocenters. The molecule has 1 atom stereocenters. The standard InChI is InChI=1S/C24H21N3O3/c1-16(17-8-4-2-5-9-17)26-22(28)15-25-24(29)19-12-13-21-20(14-19)23(30-27-21)18-10-6-3-7-11-18/h2-14,16H,15H2,1H3,(H,25,29)(H,26,28)/t16-/m0/s1. The summed E-state index contributed by atoms with van der Waals surface area (Å²) in [7, 11) is 0. The summed E-state index contributed by atoms with van der Waals surface area (Å²) in [6.45, 7) is 1.79. The highest BCUT2D eigenvalue weighted by Crippen LogP contribution is 2.29. The molecular formula is C24H21N3O3. The fourth-order valence-electron chi connectivity index (χ4n) is 3.26. The average molecular weight is 399 g/mol. The van der Waals surface area contributed by atoms with E-state index in [2.05, 4.69) is 15.8 Å². The van der Waals surface area contributed by atoms with E-state index in [1.165, 1.54) is 0 Å². The van der Waals surface area contributed by atoms with Gasteiger partial charge in [-0.1, -0.05) is 65.8 Å². The lowest BCUT2D eigenvalue weighted by atomic mass is 10.1. The molecule has 0 saturated heterocycles. The van der Waals surface area contributed by atoms with Crippen molar-refractivity contribution in [2.45, 2.75) is 13.0 Å². The lowest BCUT2D eigenvalue weighted by Gasteiger charge is -2.14. The Bertz CT molecular complexity index is 1170. The number of carbonyl (C=O) groups is 2. The molecule has 0 fully saturated rings. The van der Waals surface area contributed by atoms with Crippen molar-refractivity contribution in [2.75, 3.05) is 6.54 Å². The summed E-state index contributed by atoms with van der Waals surface area (Å²) in [6.07, 6.45) is 0. The van der Waals surface area contributed by atoms with Crippen molar-refractivity contribution in [1.82, 2.24) is 15.8 Å². The van der Waals surface area contributed by atoms with Crippen LogP contribution in [0, 0.1) is 0 Å². The second-order valence-electron chi connectivity index (χ2n) is 6.99. The molecule has 4 aromatic rings. The normalized spacial score (nSPS) is 11.8. The van der Waals surface area contributed by atoms with Crippen LogP contribution in [0.4, 0.5) is 0 Å². The molecule has 0 aliphatic carbocycles. The van der Waals surface area contributed by atoms with Crippen molar-refractivity contribution in [1.29, 1.82) is 0 Å². The Kier molecular flexibility index (Phi) is 5.57. The van der Waals surface area contributed by atoms with Gasteiger partial charge >= 0.3 is 0 Å². The highest BCUT2D eigenvalue weighted by Gasteiger charge is 2.15. The van der Waals surface area contributed by atoms with Gasteiger partial charge in [0.05, 0.1) is 18.0 Å².